The summed E-state index contributed by atoms with van der Waals surface area (Å²) in [7, 11) is 1.92. The first-order chi connectivity index (χ1) is 8.63. The van der Waals surface area contributed by atoms with Crippen LogP contribution in [0.5, 0.6) is 0 Å². The second-order valence-corrected chi connectivity index (χ2v) is 5.98. The lowest BCUT2D eigenvalue weighted by atomic mass is 10.2. The number of aromatic nitrogens is 2. The zero-order valence-electron chi connectivity index (χ0n) is 10.5. The Morgan fingerprint density at radius 2 is 2.33 bits per heavy atom. The number of nitrogens with two attached hydrogens (primary N) is 1. The van der Waals surface area contributed by atoms with E-state index < -0.39 is 0 Å². The summed E-state index contributed by atoms with van der Waals surface area (Å²) >= 11 is 5.24. The van der Waals surface area contributed by atoms with Crippen LogP contribution in [-0.2, 0) is 20.0 Å². The number of nitrogens with zero attached hydrogens (tertiary/aromatic N) is 2. The highest BCUT2D eigenvalue weighted by Gasteiger charge is 2.12. The van der Waals surface area contributed by atoms with E-state index in [1.165, 1.54) is 4.88 Å². The van der Waals surface area contributed by atoms with Crippen LogP contribution in [0.25, 0.3) is 0 Å². The number of nitrogens with one attached hydrogen (secondary N) is 1. The summed E-state index contributed by atoms with van der Waals surface area (Å²) in [6.45, 7) is 2.89. The van der Waals surface area contributed by atoms with E-state index in [0.29, 0.717) is 0 Å². The van der Waals surface area contributed by atoms with E-state index in [4.69, 9.17) is 5.73 Å². The lowest BCUT2D eigenvalue weighted by Crippen LogP contribution is -2.05. The maximum atomic E-state index is 6.11. The SMILES string of the molecule is CCCc1nn(C)c(NCc2sccc2Br)c1N. The predicted molar refractivity (Wildman–Crippen MR) is 81.0 cm³/mol. The fraction of sp³-hybridized carbons (Fsp3) is 0.417. The third kappa shape index (κ3) is 2.70. The minimum Gasteiger partial charge on any atom is -0.394 e. The molecule has 0 bridgehead atoms. The summed E-state index contributed by atoms with van der Waals surface area (Å²) in [5.74, 6) is 0.902. The van der Waals surface area contributed by atoms with E-state index in [1.807, 2.05) is 11.7 Å². The molecule has 0 spiro atoms. The van der Waals surface area contributed by atoms with E-state index >= 15 is 0 Å². The molecule has 18 heavy (non-hydrogen) atoms. The number of thiophene rings is 1. The summed E-state index contributed by atoms with van der Waals surface area (Å²) in [6, 6.07) is 2.05. The molecular weight excluding hydrogens is 312 g/mol. The van der Waals surface area contributed by atoms with Crippen molar-refractivity contribution in [3.8, 4) is 0 Å². The summed E-state index contributed by atoms with van der Waals surface area (Å²) in [6.07, 6.45) is 1.97. The largest absolute Gasteiger partial charge is 0.394 e. The number of hydrogen-bond donors (Lipinski definition) is 2. The van der Waals surface area contributed by atoms with Crippen molar-refractivity contribution in [1.82, 2.24) is 9.78 Å². The molecule has 0 aliphatic heterocycles. The molecule has 0 fully saturated rings. The van der Waals surface area contributed by atoms with E-state index in [1.54, 1.807) is 11.3 Å². The first-order valence-corrected chi connectivity index (χ1v) is 7.57. The Hall–Kier alpha value is -1.01. The Bertz CT molecular complexity index is 532. The molecule has 0 atom stereocenters. The van der Waals surface area contributed by atoms with Gasteiger partial charge in [-0.05, 0) is 33.8 Å². The number of nitrogen functional groups attached to an aromatic ring is 1. The quantitative estimate of drug-likeness (QED) is 0.884. The van der Waals surface area contributed by atoms with Gasteiger partial charge in [-0.3, -0.25) is 4.68 Å². The van der Waals surface area contributed by atoms with Crippen molar-refractivity contribution in [3.05, 3.63) is 26.5 Å². The van der Waals surface area contributed by atoms with Gasteiger partial charge < -0.3 is 11.1 Å². The van der Waals surface area contributed by atoms with Crippen LogP contribution in [0.4, 0.5) is 11.5 Å². The fourth-order valence-electron chi connectivity index (χ4n) is 1.84. The Morgan fingerprint density at radius 1 is 1.56 bits per heavy atom. The molecule has 0 unspecified atom stereocenters. The monoisotopic (exact) mass is 328 g/mol. The third-order valence-corrected chi connectivity index (χ3v) is 4.68. The molecule has 2 aromatic rings. The zero-order chi connectivity index (χ0) is 13.1. The van der Waals surface area contributed by atoms with Gasteiger partial charge in [0.2, 0.25) is 0 Å². The lowest BCUT2D eigenvalue weighted by molar-refractivity contribution is 0.735. The van der Waals surface area contributed by atoms with Gasteiger partial charge in [-0.2, -0.15) is 5.10 Å². The van der Waals surface area contributed by atoms with Crippen LogP contribution in [0.1, 0.15) is 23.9 Å². The minimum absolute atomic E-state index is 0.757. The van der Waals surface area contributed by atoms with Gasteiger partial charge in [-0.15, -0.1) is 11.3 Å². The third-order valence-electron chi connectivity index (χ3n) is 2.75. The molecular formula is C12H17BrN4S. The van der Waals surface area contributed by atoms with Crippen molar-refractivity contribution in [2.45, 2.75) is 26.3 Å². The molecule has 98 valence electrons. The average molecular weight is 329 g/mol. The van der Waals surface area contributed by atoms with Gasteiger partial charge in [0.1, 0.15) is 5.82 Å². The molecule has 0 amide bonds. The molecule has 0 aromatic carbocycles. The Balaban J connectivity index is 2.12. The van der Waals surface area contributed by atoms with Crippen molar-refractivity contribution in [1.29, 1.82) is 0 Å². The molecule has 0 radical (unpaired) electrons. The van der Waals surface area contributed by atoms with Gasteiger partial charge in [0.15, 0.2) is 0 Å². The van der Waals surface area contributed by atoms with Crippen LogP contribution < -0.4 is 11.1 Å². The van der Waals surface area contributed by atoms with Gasteiger partial charge >= 0.3 is 0 Å². The average Bonchev–Trinajstić information content (AvgIpc) is 2.84. The van der Waals surface area contributed by atoms with Crippen molar-refractivity contribution < 1.29 is 0 Å². The molecule has 6 heteroatoms. The van der Waals surface area contributed by atoms with E-state index in [9.17, 15) is 0 Å². The summed E-state index contributed by atoms with van der Waals surface area (Å²) in [4.78, 5) is 1.26. The van der Waals surface area contributed by atoms with Gasteiger partial charge in [0.05, 0.1) is 17.9 Å². The molecule has 2 rings (SSSR count). The van der Waals surface area contributed by atoms with Crippen LogP contribution in [0, 0.1) is 0 Å². The Kier molecular flexibility index (Phi) is 4.29. The van der Waals surface area contributed by atoms with Crippen LogP contribution in [0.3, 0.4) is 0 Å². The van der Waals surface area contributed by atoms with Crippen LogP contribution in [-0.4, -0.2) is 9.78 Å². The molecule has 0 aliphatic carbocycles. The first-order valence-electron chi connectivity index (χ1n) is 5.90. The highest BCUT2D eigenvalue weighted by Crippen LogP contribution is 2.27. The highest BCUT2D eigenvalue weighted by atomic mass is 79.9. The summed E-state index contributed by atoms with van der Waals surface area (Å²) in [5.41, 5.74) is 7.86. The first kappa shape index (κ1) is 13.4. The van der Waals surface area contributed by atoms with Gasteiger partial charge in [-0.1, -0.05) is 13.3 Å². The zero-order valence-corrected chi connectivity index (χ0v) is 12.9. The Morgan fingerprint density at radius 3 is 2.94 bits per heavy atom. The molecule has 0 saturated carbocycles. The van der Waals surface area contributed by atoms with Crippen LogP contribution in [0.15, 0.2) is 15.9 Å². The standard InChI is InChI=1S/C12H17BrN4S/c1-3-4-9-11(14)12(17(2)16-9)15-7-10-8(13)5-6-18-10/h5-6,15H,3-4,7,14H2,1-2H3. The normalized spacial score (nSPS) is 10.8. The molecule has 0 aliphatic rings. The molecule has 2 aromatic heterocycles. The lowest BCUT2D eigenvalue weighted by Gasteiger charge is -2.06. The maximum absolute atomic E-state index is 6.11. The van der Waals surface area contributed by atoms with Crippen LogP contribution in [0.2, 0.25) is 0 Å². The van der Waals surface area contributed by atoms with E-state index in [-0.39, 0.29) is 0 Å². The number of rotatable bonds is 5. The summed E-state index contributed by atoms with van der Waals surface area (Å²) < 4.78 is 2.96. The van der Waals surface area contributed by atoms with Crippen molar-refractivity contribution in [2.24, 2.45) is 7.05 Å². The number of anilines is 2. The number of halogens is 1. The Labute approximate surface area is 119 Å². The van der Waals surface area contributed by atoms with E-state index in [2.05, 4.69) is 44.7 Å². The summed E-state index contributed by atoms with van der Waals surface area (Å²) in [5, 5.41) is 9.87. The van der Waals surface area contributed by atoms with Crippen molar-refractivity contribution in [3.63, 3.8) is 0 Å². The molecule has 0 saturated heterocycles. The molecule has 4 nitrogen and oxygen atoms in total. The molecule has 2 heterocycles. The van der Waals surface area contributed by atoms with Gasteiger partial charge in [0, 0.05) is 16.4 Å². The highest BCUT2D eigenvalue weighted by molar-refractivity contribution is 9.10. The fourth-order valence-corrected chi connectivity index (χ4v) is 3.27. The van der Waals surface area contributed by atoms with Gasteiger partial charge in [-0.25, -0.2) is 0 Å². The topological polar surface area (TPSA) is 55.9 Å². The maximum Gasteiger partial charge on any atom is 0.148 e. The molecule has 3 N–H and O–H groups in total. The predicted octanol–water partition coefficient (Wildman–Crippen LogP) is 3.39. The second kappa shape index (κ2) is 5.75. The van der Waals surface area contributed by atoms with Crippen molar-refractivity contribution >= 4 is 38.8 Å². The number of hydrogen-bond acceptors (Lipinski definition) is 4. The minimum atomic E-state index is 0.757. The van der Waals surface area contributed by atoms with Crippen LogP contribution >= 0.6 is 27.3 Å². The smallest absolute Gasteiger partial charge is 0.148 e. The van der Waals surface area contributed by atoms with Crippen molar-refractivity contribution in [2.75, 3.05) is 11.1 Å². The van der Waals surface area contributed by atoms with Gasteiger partial charge in [0.25, 0.3) is 0 Å². The second-order valence-electron chi connectivity index (χ2n) is 4.13. The number of aryl methyl sites for hydroxylation is 2. The van der Waals surface area contributed by atoms with E-state index in [0.717, 1.165) is 41.1 Å².